The molecule has 1 amide bonds. The third-order valence-electron chi connectivity index (χ3n) is 4.90. The van der Waals surface area contributed by atoms with Gasteiger partial charge in [-0.05, 0) is 43.3 Å². The SMILES string of the molecule is COc1cccc(NC(=O)CSc2nnc(CNc3ccc(C)cc3)n2-c2ccccc2)c1. The van der Waals surface area contributed by atoms with Crippen molar-refractivity contribution < 1.29 is 9.53 Å². The Bertz CT molecular complexity index is 1210. The highest BCUT2D eigenvalue weighted by molar-refractivity contribution is 7.99. The predicted octanol–water partition coefficient (Wildman–Crippen LogP) is 4.93. The van der Waals surface area contributed by atoms with Gasteiger partial charge in [-0.15, -0.1) is 10.2 Å². The van der Waals surface area contributed by atoms with Gasteiger partial charge in [0.15, 0.2) is 11.0 Å². The van der Waals surface area contributed by atoms with Crippen LogP contribution in [0.2, 0.25) is 0 Å². The van der Waals surface area contributed by atoms with Gasteiger partial charge >= 0.3 is 0 Å². The first kappa shape index (κ1) is 22.4. The van der Waals surface area contributed by atoms with Gasteiger partial charge in [0.2, 0.25) is 5.91 Å². The summed E-state index contributed by atoms with van der Waals surface area (Å²) in [6, 6.07) is 25.4. The van der Waals surface area contributed by atoms with Gasteiger partial charge in [-0.25, -0.2) is 0 Å². The van der Waals surface area contributed by atoms with Crippen LogP contribution in [-0.2, 0) is 11.3 Å². The minimum atomic E-state index is -0.129. The average Bonchev–Trinajstić information content (AvgIpc) is 3.26. The van der Waals surface area contributed by atoms with Crippen LogP contribution in [-0.4, -0.2) is 33.5 Å². The molecule has 168 valence electrons. The number of nitrogens with one attached hydrogen (secondary N) is 2. The molecular weight excluding hydrogens is 434 g/mol. The molecule has 0 radical (unpaired) electrons. The molecule has 0 fully saturated rings. The second-order valence-electron chi connectivity index (χ2n) is 7.36. The number of methoxy groups -OCH3 is 1. The molecule has 0 saturated carbocycles. The van der Waals surface area contributed by atoms with Crippen molar-refractivity contribution >= 4 is 29.0 Å². The predicted molar refractivity (Wildman–Crippen MR) is 132 cm³/mol. The molecule has 0 bridgehead atoms. The third kappa shape index (κ3) is 5.93. The maximum atomic E-state index is 12.5. The Kier molecular flexibility index (Phi) is 7.26. The number of aryl methyl sites for hydroxylation is 1. The molecule has 4 rings (SSSR count). The van der Waals surface area contributed by atoms with Crippen molar-refractivity contribution in [1.29, 1.82) is 0 Å². The Balaban J connectivity index is 1.47. The monoisotopic (exact) mass is 459 g/mol. The van der Waals surface area contributed by atoms with Gasteiger partial charge in [0.1, 0.15) is 5.75 Å². The van der Waals surface area contributed by atoms with E-state index in [1.54, 1.807) is 13.2 Å². The zero-order valence-corrected chi connectivity index (χ0v) is 19.3. The molecule has 2 N–H and O–H groups in total. The van der Waals surface area contributed by atoms with Crippen LogP contribution in [0, 0.1) is 6.92 Å². The van der Waals surface area contributed by atoms with Crippen molar-refractivity contribution in [3.8, 4) is 11.4 Å². The van der Waals surface area contributed by atoms with Crippen molar-refractivity contribution in [3.05, 3.63) is 90.3 Å². The van der Waals surface area contributed by atoms with Gasteiger partial charge in [-0.2, -0.15) is 0 Å². The van der Waals surface area contributed by atoms with Crippen molar-refractivity contribution in [2.75, 3.05) is 23.5 Å². The molecule has 1 heterocycles. The van der Waals surface area contributed by atoms with E-state index in [1.165, 1.54) is 17.3 Å². The molecule has 0 unspecified atom stereocenters. The number of nitrogens with zero attached hydrogens (tertiary/aromatic N) is 3. The first-order valence-corrected chi connectivity index (χ1v) is 11.5. The van der Waals surface area contributed by atoms with E-state index in [4.69, 9.17) is 4.74 Å². The molecule has 0 atom stereocenters. The van der Waals surface area contributed by atoms with Gasteiger partial charge in [0, 0.05) is 23.1 Å². The van der Waals surface area contributed by atoms with E-state index in [-0.39, 0.29) is 11.7 Å². The molecular formula is C25H25N5O2S. The fourth-order valence-electron chi connectivity index (χ4n) is 3.23. The Hall–Kier alpha value is -3.78. The lowest BCUT2D eigenvalue weighted by Gasteiger charge is -2.12. The minimum Gasteiger partial charge on any atom is -0.497 e. The summed E-state index contributed by atoms with van der Waals surface area (Å²) >= 11 is 1.34. The Morgan fingerprint density at radius 2 is 1.76 bits per heavy atom. The lowest BCUT2D eigenvalue weighted by atomic mass is 10.2. The first-order chi connectivity index (χ1) is 16.1. The summed E-state index contributed by atoms with van der Waals surface area (Å²) in [5.74, 6) is 1.52. The molecule has 1 aromatic heterocycles. The van der Waals surface area contributed by atoms with Gasteiger partial charge in [-0.3, -0.25) is 9.36 Å². The van der Waals surface area contributed by atoms with Gasteiger partial charge in [0.05, 0.1) is 19.4 Å². The van der Waals surface area contributed by atoms with Gasteiger partial charge in [-0.1, -0.05) is 53.7 Å². The fourth-order valence-corrected chi connectivity index (χ4v) is 4.00. The largest absolute Gasteiger partial charge is 0.497 e. The summed E-state index contributed by atoms with van der Waals surface area (Å²) < 4.78 is 7.19. The summed E-state index contributed by atoms with van der Waals surface area (Å²) in [6.07, 6.45) is 0. The molecule has 33 heavy (non-hydrogen) atoms. The standard InChI is InChI=1S/C25H25N5O2S/c1-18-11-13-19(14-12-18)26-16-23-28-29-25(30(23)21-8-4-3-5-9-21)33-17-24(31)27-20-7-6-10-22(15-20)32-2/h3-15,26H,16-17H2,1-2H3,(H,27,31). The van der Waals surface area contributed by atoms with E-state index < -0.39 is 0 Å². The highest BCUT2D eigenvalue weighted by Crippen LogP contribution is 2.23. The summed E-state index contributed by atoms with van der Waals surface area (Å²) in [5, 5.41) is 15.7. The van der Waals surface area contributed by atoms with E-state index in [9.17, 15) is 4.79 Å². The number of amides is 1. The lowest BCUT2D eigenvalue weighted by Crippen LogP contribution is -2.15. The van der Waals surface area contributed by atoms with Crippen LogP contribution in [0.4, 0.5) is 11.4 Å². The highest BCUT2D eigenvalue weighted by Gasteiger charge is 2.16. The molecule has 0 aliphatic rings. The average molecular weight is 460 g/mol. The summed E-state index contributed by atoms with van der Waals surface area (Å²) in [4.78, 5) is 12.5. The molecule has 3 aromatic carbocycles. The number of benzene rings is 3. The summed E-state index contributed by atoms with van der Waals surface area (Å²) in [5.41, 5.74) is 3.85. The first-order valence-electron chi connectivity index (χ1n) is 10.5. The highest BCUT2D eigenvalue weighted by atomic mass is 32.2. The maximum absolute atomic E-state index is 12.5. The Labute approximate surface area is 197 Å². The quantitative estimate of drug-likeness (QED) is 0.346. The van der Waals surface area contributed by atoms with Crippen molar-refractivity contribution in [2.24, 2.45) is 0 Å². The number of thioether (sulfide) groups is 1. The number of rotatable bonds is 9. The molecule has 0 saturated heterocycles. The normalized spacial score (nSPS) is 10.6. The third-order valence-corrected chi connectivity index (χ3v) is 5.83. The molecule has 0 spiro atoms. The Morgan fingerprint density at radius 1 is 0.970 bits per heavy atom. The molecule has 8 heteroatoms. The van der Waals surface area contributed by atoms with Gasteiger partial charge < -0.3 is 15.4 Å². The second kappa shape index (κ2) is 10.7. The van der Waals surface area contributed by atoms with Crippen molar-refractivity contribution in [1.82, 2.24) is 14.8 Å². The van der Waals surface area contributed by atoms with Crippen LogP contribution in [0.3, 0.4) is 0 Å². The lowest BCUT2D eigenvalue weighted by molar-refractivity contribution is -0.113. The number of ether oxygens (including phenoxy) is 1. The van der Waals surface area contributed by atoms with Crippen molar-refractivity contribution in [3.63, 3.8) is 0 Å². The van der Waals surface area contributed by atoms with Crippen molar-refractivity contribution in [2.45, 2.75) is 18.6 Å². The van der Waals surface area contributed by atoms with Crippen LogP contribution in [0.15, 0.2) is 84.0 Å². The number of anilines is 2. The summed E-state index contributed by atoms with van der Waals surface area (Å²) in [6.45, 7) is 2.56. The fraction of sp³-hybridized carbons (Fsp3) is 0.160. The summed E-state index contributed by atoms with van der Waals surface area (Å²) in [7, 11) is 1.60. The molecule has 0 aliphatic carbocycles. The number of aromatic nitrogens is 3. The van der Waals surface area contributed by atoms with Crippen LogP contribution >= 0.6 is 11.8 Å². The number of carbonyl (C=O) groups is 1. The van der Waals surface area contributed by atoms with E-state index in [2.05, 4.69) is 39.9 Å². The van der Waals surface area contributed by atoms with Crippen LogP contribution in [0.25, 0.3) is 5.69 Å². The van der Waals surface area contributed by atoms with Crippen LogP contribution in [0.5, 0.6) is 5.75 Å². The minimum absolute atomic E-state index is 0.129. The zero-order chi connectivity index (χ0) is 23.0. The number of carbonyl (C=O) groups excluding carboxylic acids is 1. The van der Waals surface area contributed by atoms with E-state index in [1.807, 2.05) is 65.2 Å². The van der Waals surface area contributed by atoms with Gasteiger partial charge in [0.25, 0.3) is 0 Å². The zero-order valence-electron chi connectivity index (χ0n) is 18.5. The van der Waals surface area contributed by atoms with Crippen LogP contribution in [0.1, 0.15) is 11.4 Å². The maximum Gasteiger partial charge on any atom is 0.234 e. The topological polar surface area (TPSA) is 81.1 Å². The number of para-hydroxylation sites is 1. The smallest absolute Gasteiger partial charge is 0.234 e. The molecule has 0 aliphatic heterocycles. The van der Waals surface area contributed by atoms with E-state index in [0.717, 1.165) is 17.2 Å². The Morgan fingerprint density at radius 3 is 2.52 bits per heavy atom. The number of hydrogen-bond acceptors (Lipinski definition) is 6. The second-order valence-corrected chi connectivity index (χ2v) is 8.30. The van der Waals surface area contributed by atoms with Crippen LogP contribution < -0.4 is 15.4 Å². The van der Waals surface area contributed by atoms with E-state index in [0.29, 0.717) is 23.1 Å². The number of hydrogen-bond donors (Lipinski definition) is 2. The molecule has 4 aromatic rings. The molecule has 7 nitrogen and oxygen atoms in total. The van der Waals surface area contributed by atoms with E-state index >= 15 is 0 Å².